The van der Waals surface area contributed by atoms with Crippen molar-refractivity contribution >= 4 is 17.3 Å². The summed E-state index contributed by atoms with van der Waals surface area (Å²) < 4.78 is 0. The summed E-state index contributed by atoms with van der Waals surface area (Å²) in [7, 11) is 0. The fourth-order valence-electron chi connectivity index (χ4n) is 0.582. The Kier molecular flexibility index (Phi) is 7.62. The van der Waals surface area contributed by atoms with Gasteiger partial charge in [-0.1, -0.05) is 6.08 Å². The van der Waals surface area contributed by atoms with Crippen LogP contribution in [0, 0.1) is 0 Å². The lowest BCUT2D eigenvalue weighted by molar-refractivity contribution is -0.444. The molecule has 0 aromatic heterocycles. The van der Waals surface area contributed by atoms with Crippen LogP contribution < -0.4 is 4.99 Å². The van der Waals surface area contributed by atoms with Crippen LogP contribution in [0.3, 0.4) is 0 Å². The first-order valence-electron chi connectivity index (χ1n) is 3.82. The normalized spacial score (nSPS) is 12.8. The van der Waals surface area contributed by atoms with E-state index in [1.54, 1.807) is 11.8 Å². The molecule has 3 heteroatoms. The first kappa shape index (κ1) is 10.7. The summed E-state index contributed by atoms with van der Waals surface area (Å²) in [5.41, 5.74) is 1.95. The molecule has 0 spiro atoms. The Morgan fingerprint density at radius 3 is 2.82 bits per heavy atom. The van der Waals surface area contributed by atoms with Gasteiger partial charge in [0.2, 0.25) is 5.55 Å². The molecule has 0 unspecified atom stereocenters. The largest absolute Gasteiger partial charge is 0.396 e. The van der Waals surface area contributed by atoms with Gasteiger partial charge in [0.05, 0.1) is 0 Å². The van der Waals surface area contributed by atoms with Gasteiger partial charge in [-0.15, -0.1) is 0 Å². The predicted molar refractivity (Wildman–Crippen MR) is 50.6 cm³/mol. The molecule has 0 atom stereocenters. The highest BCUT2D eigenvalue weighted by atomic mass is 32.2. The van der Waals surface area contributed by atoms with Crippen LogP contribution >= 0.6 is 11.8 Å². The van der Waals surface area contributed by atoms with Gasteiger partial charge in [-0.2, -0.15) is 0 Å². The van der Waals surface area contributed by atoms with E-state index < -0.39 is 0 Å². The number of aliphatic hydroxyl groups excluding tert-OH is 1. The predicted octanol–water partition coefficient (Wildman–Crippen LogP) is 0.135. The Hall–Kier alpha value is -0.280. The van der Waals surface area contributed by atoms with Crippen LogP contribution in [0.25, 0.3) is 0 Å². The van der Waals surface area contributed by atoms with Crippen molar-refractivity contribution in [3.05, 3.63) is 11.0 Å². The van der Waals surface area contributed by atoms with Gasteiger partial charge in [0.15, 0.2) is 0 Å². The van der Waals surface area contributed by atoms with E-state index in [2.05, 4.69) is 11.9 Å². The van der Waals surface area contributed by atoms with Gasteiger partial charge in [-0.25, -0.2) is 4.99 Å². The first-order chi connectivity index (χ1) is 5.35. The molecule has 64 valence electrons. The van der Waals surface area contributed by atoms with Crippen molar-refractivity contribution in [3.8, 4) is 0 Å². The van der Waals surface area contributed by atoms with Crippen molar-refractivity contribution in [3.63, 3.8) is 0 Å². The van der Waals surface area contributed by atoms with Crippen LogP contribution in [0.15, 0.2) is 11.0 Å². The maximum Gasteiger partial charge on any atom is 0.200 e. The summed E-state index contributed by atoms with van der Waals surface area (Å²) in [6.07, 6.45) is 2.78. The monoisotopic (exact) mass is 174 g/mol. The zero-order chi connectivity index (χ0) is 8.53. The van der Waals surface area contributed by atoms with E-state index in [-0.39, 0.29) is 6.61 Å². The molecule has 0 bridgehead atoms. The number of allylic oxidation sites excluding steroid dienone is 1. The van der Waals surface area contributed by atoms with Gasteiger partial charge in [0, 0.05) is 13.0 Å². The Morgan fingerprint density at radius 1 is 1.64 bits per heavy atom. The number of hydrogen-bond donors (Lipinski definition) is 2. The zero-order valence-electron chi connectivity index (χ0n) is 7.13. The van der Waals surface area contributed by atoms with Crippen LogP contribution in [0.4, 0.5) is 0 Å². The molecule has 11 heavy (non-hydrogen) atoms. The van der Waals surface area contributed by atoms with E-state index in [9.17, 15) is 0 Å². The van der Waals surface area contributed by atoms with Crippen LogP contribution in [0.5, 0.6) is 0 Å². The fourth-order valence-corrected chi connectivity index (χ4v) is 1.33. The Labute approximate surface area is 72.4 Å². The summed E-state index contributed by atoms with van der Waals surface area (Å²) in [6, 6.07) is 0. The summed E-state index contributed by atoms with van der Waals surface area (Å²) >= 11 is 1.64. The van der Waals surface area contributed by atoms with E-state index in [4.69, 9.17) is 5.11 Å². The lowest BCUT2D eigenvalue weighted by Crippen LogP contribution is -2.67. The van der Waals surface area contributed by atoms with E-state index in [1.807, 2.05) is 18.5 Å². The number of thioether (sulfide) groups is 1. The quantitative estimate of drug-likeness (QED) is 0.459. The molecular weight excluding hydrogens is 158 g/mol. The SMILES string of the molecule is C/C=C(\CCO)SC=[NH+]CC. The second-order valence-corrected chi connectivity index (χ2v) is 3.02. The summed E-state index contributed by atoms with van der Waals surface area (Å²) in [6.45, 7) is 5.21. The number of rotatable bonds is 5. The van der Waals surface area contributed by atoms with Crippen molar-refractivity contribution in [2.75, 3.05) is 13.2 Å². The molecule has 0 aliphatic heterocycles. The van der Waals surface area contributed by atoms with Crippen molar-refractivity contribution in [1.29, 1.82) is 0 Å². The molecule has 0 saturated heterocycles. The Morgan fingerprint density at radius 2 is 2.36 bits per heavy atom. The Bertz CT molecular complexity index is 143. The summed E-state index contributed by atoms with van der Waals surface area (Å²) in [5, 5.41) is 8.64. The molecule has 0 aromatic carbocycles. The van der Waals surface area contributed by atoms with Gasteiger partial charge < -0.3 is 5.11 Å². The molecule has 0 aliphatic carbocycles. The van der Waals surface area contributed by atoms with Crippen molar-refractivity contribution in [2.45, 2.75) is 20.3 Å². The van der Waals surface area contributed by atoms with E-state index in [1.165, 1.54) is 4.91 Å². The highest BCUT2D eigenvalue weighted by Crippen LogP contribution is 2.14. The molecule has 0 rings (SSSR count). The smallest absolute Gasteiger partial charge is 0.200 e. The Balaban J connectivity index is 3.61. The van der Waals surface area contributed by atoms with Crippen LogP contribution in [-0.2, 0) is 0 Å². The average molecular weight is 174 g/mol. The van der Waals surface area contributed by atoms with Gasteiger partial charge in [0.25, 0.3) is 0 Å². The molecular formula is C8H16NOS+. The maximum absolute atomic E-state index is 8.64. The molecule has 0 heterocycles. The number of nitrogens with one attached hydrogen (secondary N) is 1. The van der Waals surface area contributed by atoms with Crippen LogP contribution in [0.2, 0.25) is 0 Å². The number of hydrogen-bond acceptors (Lipinski definition) is 2. The summed E-state index contributed by atoms with van der Waals surface area (Å²) in [5.74, 6) is 0. The highest BCUT2D eigenvalue weighted by Gasteiger charge is 1.94. The lowest BCUT2D eigenvalue weighted by atomic mass is 10.4. The zero-order valence-corrected chi connectivity index (χ0v) is 7.95. The lowest BCUT2D eigenvalue weighted by Gasteiger charge is -1.95. The topological polar surface area (TPSA) is 34.2 Å². The van der Waals surface area contributed by atoms with Crippen LogP contribution in [0.1, 0.15) is 20.3 Å². The fraction of sp³-hybridized carbons (Fsp3) is 0.625. The second-order valence-electron chi connectivity index (χ2n) is 2.02. The molecule has 0 aliphatic rings. The molecule has 2 N–H and O–H groups in total. The highest BCUT2D eigenvalue weighted by molar-refractivity contribution is 8.15. The average Bonchev–Trinajstić information content (AvgIpc) is 2.03. The maximum atomic E-state index is 8.64. The minimum Gasteiger partial charge on any atom is -0.396 e. The van der Waals surface area contributed by atoms with Gasteiger partial charge in [0.1, 0.15) is 6.54 Å². The third-order valence-electron chi connectivity index (χ3n) is 1.18. The molecule has 2 nitrogen and oxygen atoms in total. The first-order valence-corrected chi connectivity index (χ1v) is 4.70. The molecule has 0 fully saturated rings. The third kappa shape index (κ3) is 6.13. The molecule has 0 amide bonds. The van der Waals surface area contributed by atoms with Crippen molar-refractivity contribution < 1.29 is 10.1 Å². The molecule has 0 saturated carbocycles. The van der Waals surface area contributed by atoms with E-state index >= 15 is 0 Å². The van der Waals surface area contributed by atoms with E-state index in [0.717, 1.165) is 13.0 Å². The van der Waals surface area contributed by atoms with Gasteiger partial charge in [-0.3, -0.25) is 0 Å². The number of aliphatic hydroxyl groups is 1. The minimum atomic E-state index is 0.229. The minimum absolute atomic E-state index is 0.229. The van der Waals surface area contributed by atoms with Gasteiger partial charge >= 0.3 is 0 Å². The van der Waals surface area contributed by atoms with E-state index in [0.29, 0.717) is 0 Å². The summed E-state index contributed by atoms with van der Waals surface area (Å²) in [4.78, 5) is 4.29. The third-order valence-corrected chi connectivity index (χ3v) is 2.21. The van der Waals surface area contributed by atoms with Crippen LogP contribution in [-0.4, -0.2) is 23.8 Å². The standard InChI is InChI=1S/C8H15NOS/c1-3-8(5-6-10)11-7-9-4-2/h3,7,10H,4-6H2,1-2H3/p+1/b8-3+,9-7?. The second kappa shape index (κ2) is 7.82. The molecule has 0 aromatic rings. The van der Waals surface area contributed by atoms with Gasteiger partial charge in [-0.05, 0) is 30.5 Å². The van der Waals surface area contributed by atoms with Crippen molar-refractivity contribution in [2.24, 2.45) is 0 Å². The van der Waals surface area contributed by atoms with Crippen molar-refractivity contribution in [1.82, 2.24) is 0 Å². The molecule has 0 radical (unpaired) electrons.